The van der Waals surface area contributed by atoms with Crippen LogP contribution in [0.1, 0.15) is 32.1 Å². The first kappa shape index (κ1) is 7.78. The number of allylic oxidation sites excluding steroid dienone is 1. The van der Waals surface area contributed by atoms with E-state index in [1.807, 2.05) is 0 Å². The lowest BCUT2D eigenvalue weighted by Crippen LogP contribution is -2.52. The topological polar surface area (TPSA) is 17.1 Å². The van der Waals surface area contributed by atoms with Crippen LogP contribution in [-0.4, -0.2) is 5.78 Å². The minimum Gasteiger partial charge on any atom is -0.299 e. The minimum absolute atomic E-state index is 0.295. The average molecular weight is 176 g/mol. The number of ketones is 1. The van der Waals surface area contributed by atoms with Crippen molar-refractivity contribution < 1.29 is 4.79 Å². The van der Waals surface area contributed by atoms with E-state index in [0.29, 0.717) is 11.7 Å². The highest BCUT2D eigenvalue weighted by atomic mass is 16.1. The smallest absolute Gasteiger partial charge is 0.140 e. The Labute approximate surface area is 79.2 Å². The zero-order valence-corrected chi connectivity index (χ0v) is 7.96. The number of hydrogen-bond donors (Lipinski definition) is 0. The first-order valence-electron chi connectivity index (χ1n) is 5.50. The van der Waals surface area contributed by atoms with Crippen LogP contribution in [0.5, 0.6) is 0 Å². The molecule has 3 aliphatic carbocycles. The van der Waals surface area contributed by atoms with Gasteiger partial charge in [0, 0.05) is 12.3 Å². The Morgan fingerprint density at radius 2 is 2.08 bits per heavy atom. The van der Waals surface area contributed by atoms with E-state index in [4.69, 9.17) is 0 Å². The average Bonchev–Trinajstić information content (AvgIpc) is 2.15. The van der Waals surface area contributed by atoms with E-state index in [1.54, 1.807) is 0 Å². The molecule has 0 aromatic carbocycles. The fourth-order valence-electron chi connectivity index (χ4n) is 3.85. The maximum Gasteiger partial charge on any atom is 0.140 e. The Morgan fingerprint density at radius 3 is 2.92 bits per heavy atom. The molecule has 0 heterocycles. The Hall–Kier alpha value is -0.590. The quantitative estimate of drug-likeness (QED) is 0.518. The highest BCUT2D eigenvalue weighted by Crippen LogP contribution is 2.58. The summed E-state index contributed by atoms with van der Waals surface area (Å²) in [4.78, 5) is 11.6. The van der Waals surface area contributed by atoms with Gasteiger partial charge in [-0.3, -0.25) is 4.79 Å². The van der Waals surface area contributed by atoms with E-state index in [9.17, 15) is 4.79 Å². The van der Waals surface area contributed by atoms with Gasteiger partial charge in [-0.05, 0) is 30.6 Å². The summed E-state index contributed by atoms with van der Waals surface area (Å²) < 4.78 is 0. The molecule has 0 amide bonds. The van der Waals surface area contributed by atoms with Crippen molar-refractivity contribution in [1.29, 1.82) is 0 Å². The van der Waals surface area contributed by atoms with E-state index >= 15 is 0 Å². The molecule has 3 rings (SSSR count). The van der Waals surface area contributed by atoms with Crippen LogP contribution in [0.3, 0.4) is 0 Å². The minimum atomic E-state index is 0.295. The lowest BCUT2D eigenvalue weighted by Gasteiger charge is -2.55. The molecule has 4 unspecified atom stereocenters. The van der Waals surface area contributed by atoms with Crippen LogP contribution >= 0.6 is 0 Å². The van der Waals surface area contributed by atoms with Gasteiger partial charge in [-0.2, -0.15) is 0 Å². The predicted molar refractivity (Wildman–Crippen MR) is 51.2 cm³/mol. The summed E-state index contributed by atoms with van der Waals surface area (Å²) in [6.45, 7) is 4.09. The van der Waals surface area contributed by atoms with Gasteiger partial charge >= 0.3 is 0 Å². The van der Waals surface area contributed by atoms with Crippen LogP contribution in [0.4, 0.5) is 0 Å². The maximum atomic E-state index is 11.6. The molecular formula is C12H16O. The summed E-state index contributed by atoms with van der Waals surface area (Å²) >= 11 is 0. The van der Waals surface area contributed by atoms with E-state index in [2.05, 4.69) is 6.58 Å². The van der Waals surface area contributed by atoms with E-state index < -0.39 is 0 Å². The van der Waals surface area contributed by atoms with Crippen LogP contribution in [0.25, 0.3) is 0 Å². The van der Waals surface area contributed by atoms with Crippen molar-refractivity contribution in [2.75, 3.05) is 0 Å². The number of Topliss-reactive ketones (excluding diaryl/α,β-unsaturated/α-hetero) is 1. The van der Waals surface area contributed by atoms with Crippen molar-refractivity contribution in [3.8, 4) is 0 Å². The molecule has 0 bridgehead atoms. The standard InChI is InChI=1S/C12H16O/c1-7-9-4-2-3-8-5-6-10(13)11(7)12(8)9/h8-9,11-12H,1-6H2. The molecule has 0 saturated heterocycles. The van der Waals surface area contributed by atoms with Gasteiger partial charge < -0.3 is 0 Å². The normalized spacial score (nSPS) is 48.3. The number of carbonyl (C=O) groups is 1. The highest BCUT2D eigenvalue weighted by molar-refractivity contribution is 5.86. The van der Waals surface area contributed by atoms with Gasteiger partial charge in [0.15, 0.2) is 0 Å². The second kappa shape index (κ2) is 2.46. The lowest BCUT2D eigenvalue weighted by atomic mass is 9.48. The zero-order valence-electron chi connectivity index (χ0n) is 7.96. The monoisotopic (exact) mass is 176 g/mol. The van der Waals surface area contributed by atoms with Crippen molar-refractivity contribution in [2.24, 2.45) is 23.7 Å². The third-order valence-corrected chi connectivity index (χ3v) is 4.47. The third-order valence-electron chi connectivity index (χ3n) is 4.47. The largest absolute Gasteiger partial charge is 0.299 e. The SMILES string of the molecule is C=C1C2CCCC3CCC(=O)C1C32. The molecule has 0 aromatic heterocycles. The highest BCUT2D eigenvalue weighted by Gasteiger charge is 2.54. The van der Waals surface area contributed by atoms with E-state index in [-0.39, 0.29) is 0 Å². The van der Waals surface area contributed by atoms with Crippen LogP contribution in [-0.2, 0) is 4.79 Å². The van der Waals surface area contributed by atoms with Crippen LogP contribution in [0.15, 0.2) is 12.2 Å². The molecule has 0 aromatic rings. The zero-order chi connectivity index (χ0) is 9.00. The number of rotatable bonds is 0. The molecule has 13 heavy (non-hydrogen) atoms. The molecule has 0 radical (unpaired) electrons. The lowest BCUT2D eigenvalue weighted by molar-refractivity contribution is -0.134. The van der Waals surface area contributed by atoms with Gasteiger partial charge in [0.1, 0.15) is 5.78 Å². The first-order chi connectivity index (χ1) is 6.29. The van der Waals surface area contributed by atoms with Crippen molar-refractivity contribution in [2.45, 2.75) is 32.1 Å². The molecule has 1 heteroatoms. The molecule has 3 saturated carbocycles. The molecule has 0 N–H and O–H groups in total. The Morgan fingerprint density at radius 1 is 1.23 bits per heavy atom. The molecule has 3 fully saturated rings. The van der Waals surface area contributed by atoms with Crippen LogP contribution in [0, 0.1) is 23.7 Å². The third kappa shape index (κ3) is 0.853. The van der Waals surface area contributed by atoms with Gasteiger partial charge in [-0.15, -0.1) is 0 Å². The second-order valence-electron chi connectivity index (χ2n) is 4.93. The Bertz CT molecular complexity index is 279. The van der Waals surface area contributed by atoms with Crippen molar-refractivity contribution in [3.05, 3.63) is 12.2 Å². The van der Waals surface area contributed by atoms with Crippen molar-refractivity contribution >= 4 is 5.78 Å². The predicted octanol–water partition coefficient (Wildman–Crippen LogP) is 2.57. The molecule has 4 atom stereocenters. The molecule has 3 aliphatic rings. The fraction of sp³-hybridized carbons (Fsp3) is 0.750. The molecule has 0 aliphatic heterocycles. The summed E-state index contributed by atoms with van der Waals surface area (Å²) in [7, 11) is 0. The van der Waals surface area contributed by atoms with Gasteiger partial charge in [-0.1, -0.05) is 25.0 Å². The van der Waals surface area contributed by atoms with Gasteiger partial charge in [-0.25, -0.2) is 0 Å². The second-order valence-corrected chi connectivity index (χ2v) is 4.93. The number of hydrogen-bond acceptors (Lipinski definition) is 1. The summed E-state index contributed by atoms with van der Waals surface area (Å²) in [5, 5.41) is 0. The first-order valence-corrected chi connectivity index (χ1v) is 5.50. The van der Waals surface area contributed by atoms with E-state index in [1.165, 1.54) is 31.3 Å². The van der Waals surface area contributed by atoms with Gasteiger partial charge in [0.05, 0.1) is 0 Å². The Balaban J connectivity index is 1.92. The fourth-order valence-corrected chi connectivity index (χ4v) is 3.85. The van der Waals surface area contributed by atoms with Crippen molar-refractivity contribution in [3.63, 3.8) is 0 Å². The van der Waals surface area contributed by atoms with Crippen LogP contribution in [0.2, 0.25) is 0 Å². The van der Waals surface area contributed by atoms with Crippen molar-refractivity contribution in [1.82, 2.24) is 0 Å². The van der Waals surface area contributed by atoms with Crippen LogP contribution < -0.4 is 0 Å². The van der Waals surface area contributed by atoms with E-state index in [0.717, 1.165) is 24.2 Å². The maximum absolute atomic E-state index is 11.6. The summed E-state index contributed by atoms with van der Waals surface area (Å²) in [6.07, 6.45) is 6.05. The summed E-state index contributed by atoms with van der Waals surface area (Å²) in [5.74, 6) is 3.11. The molecular weight excluding hydrogens is 160 g/mol. The van der Waals surface area contributed by atoms with Gasteiger partial charge in [0.2, 0.25) is 0 Å². The molecule has 70 valence electrons. The van der Waals surface area contributed by atoms with Gasteiger partial charge in [0.25, 0.3) is 0 Å². The molecule has 1 nitrogen and oxygen atoms in total. The Kier molecular flexibility index (Phi) is 1.47. The number of carbonyl (C=O) groups excluding carboxylic acids is 1. The summed E-state index contributed by atoms with van der Waals surface area (Å²) in [5.41, 5.74) is 1.28. The molecule has 0 spiro atoms. The summed E-state index contributed by atoms with van der Waals surface area (Å²) in [6, 6.07) is 0.